The van der Waals surface area contributed by atoms with Crippen LogP contribution in [-0.2, 0) is 6.54 Å². The number of aryl methyl sites for hydroxylation is 3. The Kier molecular flexibility index (Phi) is 5.43. The molecular weight excluding hydrogens is 372 g/mol. The van der Waals surface area contributed by atoms with Gasteiger partial charge >= 0.3 is 0 Å². The summed E-state index contributed by atoms with van der Waals surface area (Å²) in [6.45, 7) is 8.34. The van der Waals surface area contributed by atoms with Crippen molar-refractivity contribution in [2.75, 3.05) is 5.75 Å². The first-order valence-corrected chi connectivity index (χ1v) is 9.52. The van der Waals surface area contributed by atoms with Crippen LogP contribution in [0.2, 0.25) is 5.02 Å². The summed E-state index contributed by atoms with van der Waals surface area (Å²) in [6.07, 6.45) is 3.66. The average Bonchev–Trinajstić information content (AvgIpc) is 3.14. The van der Waals surface area contributed by atoms with Crippen LogP contribution in [0.25, 0.3) is 11.3 Å². The monoisotopic (exact) mass is 390 g/mol. The summed E-state index contributed by atoms with van der Waals surface area (Å²) in [5.41, 5.74) is 3.96. The van der Waals surface area contributed by atoms with Gasteiger partial charge in [0.05, 0.1) is 33.6 Å². The summed E-state index contributed by atoms with van der Waals surface area (Å²) in [5.74, 6) is 0.0149. The smallest absolute Gasteiger partial charge is 0.257 e. The van der Waals surface area contributed by atoms with E-state index in [0.717, 1.165) is 23.5 Å². The van der Waals surface area contributed by atoms with Crippen LogP contribution in [0.3, 0.4) is 0 Å². The number of hydrogen-bond donors (Lipinski definition) is 0. The molecule has 0 bridgehead atoms. The molecule has 0 atom stereocenters. The molecule has 0 aromatic carbocycles. The summed E-state index contributed by atoms with van der Waals surface area (Å²) in [5, 5.41) is 9.67. The van der Waals surface area contributed by atoms with Gasteiger partial charge in [-0.2, -0.15) is 10.2 Å². The van der Waals surface area contributed by atoms with Gasteiger partial charge in [0.2, 0.25) is 0 Å². The van der Waals surface area contributed by atoms with Gasteiger partial charge < -0.3 is 0 Å². The van der Waals surface area contributed by atoms with E-state index in [1.54, 1.807) is 20.0 Å². The van der Waals surface area contributed by atoms with Crippen LogP contribution in [-0.4, -0.2) is 41.2 Å². The molecule has 0 saturated carbocycles. The van der Waals surface area contributed by atoms with Gasteiger partial charge in [0.25, 0.3) is 5.91 Å². The minimum Gasteiger partial charge on any atom is -0.272 e. The SMILES string of the molecule is CCn1cc(-c2ccnc(SCC(=O)n3nc(C)c(Cl)c3C)n2)c(C)n1. The molecule has 0 aliphatic rings. The van der Waals surface area contributed by atoms with E-state index in [0.29, 0.717) is 21.6 Å². The zero-order valence-corrected chi connectivity index (χ0v) is 16.6. The fourth-order valence-electron chi connectivity index (χ4n) is 2.55. The number of halogens is 1. The van der Waals surface area contributed by atoms with Crippen molar-refractivity contribution in [3.05, 3.63) is 40.6 Å². The van der Waals surface area contributed by atoms with E-state index in [2.05, 4.69) is 20.2 Å². The van der Waals surface area contributed by atoms with E-state index < -0.39 is 0 Å². The van der Waals surface area contributed by atoms with E-state index in [9.17, 15) is 4.79 Å². The highest BCUT2D eigenvalue weighted by molar-refractivity contribution is 7.99. The average molecular weight is 391 g/mol. The Bertz CT molecular complexity index is 964. The molecule has 0 amide bonds. The van der Waals surface area contributed by atoms with Crippen LogP contribution >= 0.6 is 23.4 Å². The van der Waals surface area contributed by atoms with Crippen molar-refractivity contribution in [2.24, 2.45) is 0 Å². The van der Waals surface area contributed by atoms with Gasteiger partial charge in [-0.05, 0) is 33.8 Å². The first-order chi connectivity index (χ1) is 12.4. The summed E-state index contributed by atoms with van der Waals surface area (Å²) in [6, 6.07) is 1.84. The fraction of sp³-hybridized carbons (Fsp3) is 0.353. The molecule has 7 nitrogen and oxygen atoms in total. The minimum absolute atomic E-state index is 0.161. The van der Waals surface area contributed by atoms with Gasteiger partial charge in [0, 0.05) is 24.5 Å². The number of nitrogens with zero attached hydrogens (tertiary/aromatic N) is 6. The van der Waals surface area contributed by atoms with Crippen molar-refractivity contribution in [3.8, 4) is 11.3 Å². The van der Waals surface area contributed by atoms with Crippen molar-refractivity contribution in [2.45, 2.75) is 39.4 Å². The molecule has 3 aromatic heterocycles. The second-order valence-corrected chi connectivity index (χ2v) is 7.11. The highest BCUT2D eigenvalue weighted by Gasteiger charge is 2.16. The van der Waals surface area contributed by atoms with E-state index >= 15 is 0 Å². The highest BCUT2D eigenvalue weighted by atomic mass is 35.5. The lowest BCUT2D eigenvalue weighted by Gasteiger charge is -2.04. The number of carbonyl (C=O) groups excluding carboxylic acids is 1. The van der Waals surface area contributed by atoms with Crippen LogP contribution in [0, 0.1) is 20.8 Å². The van der Waals surface area contributed by atoms with Crippen molar-refractivity contribution in [1.82, 2.24) is 29.5 Å². The molecule has 3 heterocycles. The van der Waals surface area contributed by atoms with Crippen LogP contribution in [0.5, 0.6) is 0 Å². The first-order valence-electron chi connectivity index (χ1n) is 8.16. The zero-order valence-electron chi connectivity index (χ0n) is 15.0. The van der Waals surface area contributed by atoms with Crippen molar-refractivity contribution < 1.29 is 4.79 Å². The summed E-state index contributed by atoms with van der Waals surface area (Å²) < 4.78 is 3.21. The molecule has 136 valence electrons. The Morgan fingerprint density at radius 3 is 2.62 bits per heavy atom. The lowest BCUT2D eigenvalue weighted by atomic mass is 10.2. The maximum absolute atomic E-state index is 12.4. The van der Waals surface area contributed by atoms with Crippen LogP contribution in [0.1, 0.15) is 28.8 Å². The summed E-state index contributed by atoms with van der Waals surface area (Å²) in [7, 11) is 0. The molecule has 0 N–H and O–H groups in total. The van der Waals surface area contributed by atoms with Crippen molar-refractivity contribution in [3.63, 3.8) is 0 Å². The van der Waals surface area contributed by atoms with Crippen LogP contribution in [0.15, 0.2) is 23.6 Å². The predicted octanol–water partition coefficient (Wildman–Crippen LogP) is 3.57. The molecule has 0 aliphatic carbocycles. The Morgan fingerprint density at radius 1 is 1.23 bits per heavy atom. The minimum atomic E-state index is -0.161. The van der Waals surface area contributed by atoms with Crippen molar-refractivity contribution in [1.29, 1.82) is 0 Å². The standard InChI is InChI=1S/C17H19ClN6OS/c1-5-23-8-13(10(2)21-23)14-6-7-19-17(20-14)26-9-15(25)24-12(4)16(18)11(3)22-24/h6-8H,5,9H2,1-4H3. The third kappa shape index (κ3) is 3.66. The third-order valence-corrected chi connectivity index (χ3v) is 5.34. The predicted molar refractivity (Wildman–Crippen MR) is 102 cm³/mol. The summed E-state index contributed by atoms with van der Waals surface area (Å²) in [4.78, 5) is 21.2. The quantitative estimate of drug-likeness (QED) is 0.489. The van der Waals surface area contributed by atoms with E-state index in [4.69, 9.17) is 11.6 Å². The first kappa shape index (κ1) is 18.6. The van der Waals surface area contributed by atoms with Gasteiger partial charge in [-0.15, -0.1) is 0 Å². The number of aromatic nitrogens is 6. The maximum atomic E-state index is 12.4. The van der Waals surface area contributed by atoms with Crippen LogP contribution < -0.4 is 0 Å². The fourth-order valence-corrected chi connectivity index (χ4v) is 3.34. The van der Waals surface area contributed by atoms with E-state index in [1.165, 1.54) is 16.4 Å². The second kappa shape index (κ2) is 7.59. The summed E-state index contributed by atoms with van der Waals surface area (Å²) >= 11 is 7.37. The van der Waals surface area contributed by atoms with Gasteiger partial charge in [-0.1, -0.05) is 23.4 Å². The van der Waals surface area contributed by atoms with E-state index in [-0.39, 0.29) is 11.7 Å². The Morgan fingerprint density at radius 2 is 2.00 bits per heavy atom. The van der Waals surface area contributed by atoms with E-state index in [1.807, 2.05) is 30.8 Å². The number of carbonyl (C=O) groups is 1. The molecule has 0 fully saturated rings. The topological polar surface area (TPSA) is 78.5 Å². The van der Waals surface area contributed by atoms with Crippen LogP contribution in [0.4, 0.5) is 0 Å². The number of thioether (sulfide) groups is 1. The molecule has 0 spiro atoms. The number of rotatable bonds is 5. The van der Waals surface area contributed by atoms with Gasteiger partial charge in [0.1, 0.15) is 0 Å². The largest absolute Gasteiger partial charge is 0.272 e. The van der Waals surface area contributed by atoms with Gasteiger partial charge in [0.15, 0.2) is 5.16 Å². The molecule has 3 aromatic rings. The molecule has 0 radical (unpaired) electrons. The molecule has 0 aliphatic heterocycles. The molecule has 3 rings (SSSR count). The molecular formula is C17H19ClN6OS. The zero-order chi connectivity index (χ0) is 18.8. The Labute approximate surface area is 160 Å². The molecule has 0 unspecified atom stereocenters. The number of hydrogen-bond acceptors (Lipinski definition) is 6. The molecule has 0 saturated heterocycles. The Hall–Kier alpha value is -2.19. The van der Waals surface area contributed by atoms with Gasteiger partial charge in [-0.25, -0.2) is 14.6 Å². The molecule has 9 heteroatoms. The maximum Gasteiger partial charge on any atom is 0.257 e. The lowest BCUT2D eigenvalue weighted by molar-refractivity contribution is 0.0924. The highest BCUT2D eigenvalue weighted by Crippen LogP contribution is 2.24. The third-order valence-electron chi connectivity index (χ3n) is 3.94. The van der Waals surface area contributed by atoms with Crippen molar-refractivity contribution >= 4 is 29.3 Å². The normalized spacial score (nSPS) is 11.1. The second-order valence-electron chi connectivity index (χ2n) is 5.79. The van der Waals surface area contributed by atoms with Gasteiger partial charge in [-0.3, -0.25) is 9.48 Å². The Balaban J connectivity index is 1.75. The molecule has 26 heavy (non-hydrogen) atoms. The lowest BCUT2D eigenvalue weighted by Crippen LogP contribution is -2.16.